The number of hydrogen-bond acceptors (Lipinski definition) is 5. The van der Waals surface area contributed by atoms with Crippen LogP contribution in [0.3, 0.4) is 0 Å². The van der Waals surface area contributed by atoms with Crippen LogP contribution in [0.25, 0.3) is 0 Å². The number of rotatable bonds is 5. The van der Waals surface area contributed by atoms with Gasteiger partial charge in [-0.1, -0.05) is 11.6 Å². The fraction of sp³-hybridized carbons (Fsp3) is 0.353. The quantitative estimate of drug-likeness (QED) is 0.865. The number of aromatic nitrogens is 2. The van der Waals surface area contributed by atoms with E-state index in [-0.39, 0.29) is 5.91 Å². The van der Waals surface area contributed by atoms with Crippen molar-refractivity contribution in [3.63, 3.8) is 0 Å². The third kappa shape index (κ3) is 3.76. The minimum Gasteiger partial charge on any atom is -0.495 e. The van der Waals surface area contributed by atoms with Gasteiger partial charge >= 0.3 is 0 Å². The number of carbonyl (C=O) groups is 1. The minimum absolute atomic E-state index is 0.306. The fourth-order valence-electron chi connectivity index (χ4n) is 2.28. The molecule has 126 valence electrons. The zero-order valence-electron chi connectivity index (χ0n) is 13.8. The van der Waals surface area contributed by atoms with E-state index in [9.17, 15) is 4.79 Å². The maximum Gasteiger partial charge on any atom is 0.274 e. The molecular weight excluding hydrogens is 328 g/mol. The molecule has 6 nitrogen and oxygen atoms in total. The predicted molar refractivity (Wildman–Crippen MR) is 94.1 cm³/mol. The van der Waals surface area contributed by atoms with E-state index in [1.54, 1.807) is 18.2 Å². The summed E-state index contributed by atoms with van der Waals surface area (Å²) in [5, 5.41) is 6.62. The zero-order valence-corrected chi connectivity index (χ0v) is 14.6. The van der Waals surface area contributed by atoms with Gasteiger partial charge in [0.05, 0.1) is 12.8 Å². The van der Waals surface area contributed by atoms with Crippen molar-refractivity contribution < 1.29 is 9.53 Å². The number of hydrogen-bond donors (Lipinski definition) is 2. The molecule has 1 fully saturated rings. The molecule has 24 heavy (non-hydrogen) atoms. The van der Waals surface area contributed by atoms with E-state index < -0.39 is 0 Å². The number of halogens is 1. The molecule has 1 aliphatic rings. The Morgan fingerprint density at radius 3 is 2.67 bits per heavy atom. The van der Waals surface area contributed by atoms with E-state index in [2.05, 4.69) is 20.6 Å². The van der Waals surface area contributed by atoms with Gasteiger partial charge in [0.2, 0.25) is 5.95 Å². The van der Waals surface area contributed by atoms with Crippen LogP contribution >= 0.6 is 11.6 Å². The summed E-state index contributed by atoms with van der Waals surface area (Å²) >= 11 is 6.09. The van der Waals surface area contributed by atoms with Crippen LogP contribution in [0.15, 0.2) is 18.2 Å². The van der Waals surface area contributed by atoms with Crippen molar-refractivity contribution in [2.45, 2.75) is 32.7 Å². The fourth-order valence-corrected chi connectivity index (χ4v) is 2.43. The van der Waals surface area contributed by atoms with Gasteiger partial charge in [-0.05, 0) is 44.4 Å². The van der Waals surface area contributed by atoms with Crippen LogP contribution in [0.4, 0.5) is 11.6 Å². The Morgan fingerprint density at radius 1 is 1.25 bits per heavy atom. The largest absolute Gasteiger partial charge is 0.495 e. The molecule has 1 aliphatic carbocycles. The summed E-state index contributed by atoms with van der Waals surface area (Å²) in [6.45, 7) is 3.70. The molecule has 3 rings (SSSR count). The molecule has 0 unspecified atom stereocenters. The molecule has 0 spiro atoms. The highest BCUT2D eigenvalue weighted by molar-refractivity contribution is 6.31. The lowest BCUT2D eigenvalue weighted by Gasteiger charge is -2.13. The Labute approximate surface area is 145 Å². The van der Waals surface area contributed by atoms with Gasteiger partial charge in [0.1, 0.15) is 11.4 Å². The molecule has 0 atom stereocenters. The monoisotopic (exact) mass is 346 g/mol. The number of nitrogens with one attached hydrogen (secondary N) is 2. The number of nitrogens with zero attached hydrogens (tertiary/aromatic N) is 2. The molecule has 7 heteroatoms. The Kier molecular flexibility index (Phi) is 4.57. The number of anilines is 2. The first-order valence-electron chi connectivity index (χ1n) is 7.74. The van der Waals surface area contributed by atoms with Crippen molar-refractivity contribution in [1.82, 2.24) is 9.97 Å². The van der Waals surface area contributed by atoms with Gasteiger partial charge < -0.3 is 15.4 Å². The van der Waals surface area contributed by atoms with Gasteiger partial charge in [-0.2, -0.15) is 0 Å². The molecule has 1 amide bonds. The highest BCUT2D eigenvalue weighted by Crippen LogP contribution is 2.31. The maximum atomic E-state index is 12.6. The van der Waals surface area contributed by atoms with Crippen LogP contribution in [0.2, 0.25) is 5.02 Å². The second-order valence-electron chi connectivity index (χ2n) is 5.89. The number of carbonyl (C=O) groups excluding carboxylic acids is 1. The summed E-state index contributed by atoms with van der Waals surface area (Å²) in [6, 6.07) is 5.53. The predicted octanol–water partition coefficient (Wildman–Crippen LogP) is 3.58. The van der Waals surface area contributed by atoms with Crippen LogP contribution in [-0.2, 0) is 0 Å². The van der Waals surface area contributed by atoms with Gasteiger partial charge in [-0.3, -0.25) is 4.79 Å². The molecule has 1 aromatic carbocycles. The van der Waals surface area contributed by atoms with Gasteiger partial charge in [-0.25, -0.2) is 9.97 Å². The van der Waals surface area contributed by atoms with Crippen LogP contribution in [0.1, 0.15) is 34.6 Å². The first kappa shape index (κ1) is 16.5. The normalized spacial score (nSPS) is 13.5. The number of methoxy groups -OCH3 is 1. The SMILES string of the molecule is COc1cc(Cl)c(C)cc1NC(=O)c1cc(C)nc(NC2CC2)n1. The molecule has 0 saturated heterocycles. The lowest BCUT2D eigenvalue weighted by Crippen LogP contribution is -2.17. The van der Waals surface area contributed by atoms with Crippen LogP contribution in [0, 0.1) is 13.8 Å². The molecule has 2 N–H and O–H groups in total. The molecule has 1 saturated carbocycles. The standard InChI is InChI=1S/C17H19ClN4O2/c1-9-6-13(15(24-3)8-12(9)18)21-16(23)14-7-10(2)19-17(22-14)20-11-4-5-11/h6-8,11H,4-5H2,1-3H3,(H,21,23)(H,19,20,22). The first-order valence-corrected chi connectivity index (χ1v) is 8.12. The maximum absolute atomic E-state index is 12.6. The average Bonchev–Trinajstić information content (AvgIpc) is 3.34. The third-order valence-electron chi connectivity index (χ3n) is 3.73. The number of aryl methyl sites for hydroxylation is 2. The van der Waals surface area contributed by atoms with Crippen LogP contribution < -0.4 is 15.4 Å². The number of amides is 1. The van der Waals surface area contributed by atoms with Gasteiger partial charge in [0, 0.05) is 22.8 Å². The third-order valence-corrected chi connectivity index (χ3v) is 4.13. The summed E-state index contributed by atoms with van der Waals surface area (Å²) < 4.78 is 5.28. The van der Waals surface area contributed by atoms with Gasteiger partial charge in [0.25, 0.3) is 5.91 Å². The minimum atomic E-state index is -0.320. The van der Waals surface area contributed by atoms with Gasteiger partial charge in [-0.15, -0.1) is 0 Å². The topological polar surface area (TPSA) is 76.1 Å². The van der Waals surface area contributed by atoms with Crippen molar-refractivity contribution in [2.75, 3.05) is 17.7 Å². The van der Waals surface area contributed by atoms with E-state index in [0.29, 0.717) is 34.1 Å². The summed E-state index contributed by atoms with van der Waals surface area (Å²) in [7, 11) is 1.53. The summed E-state index contributed by atoms with van der Waals surface area (Å²) in [5.41, 5.74) is 2.44. The Morgan fingerprint density at radius 2 is 2.00 bits per heavy atom. The van der Waals surface area contributed by atoms with E-state index >= 15 is 0 Å². The molecule has 0 bridgehead atoms. The van der Waals surface area contributed by atoms with Crippen LogP contribution in [0.5, 0.6) is 5.75 Å². The molecule has 2 aromatic rings. The summed E-state index contributed by atoms with van der Waals surface area (Å²) in [6.07, 6.45) is 2.22. The Bertz CT molecular complexity index is 790. The second-order valence-corrected chi connectivity index (χ2v) is 6.30. The van der Waals surface area contributed by atoms with Crippen molar-refractivity contribution in [2.24, 2.45) is 0 Å². The first-order chi connectivity index (χ1) is 11.5. The summed E-state index contributed by atoms with van der Waals surface area (Å²) in [5.74, 6) is 0.669. The smallest absolute Gasteiger partial charge is 0.274 e. The number of ether oxygens (including phenoxy) is 1. The summed E-state index contributed by atoms with van der Waals surface area (Å²) in [4.78, 5) is 21.2. The zero-order chi connectivity index (χ0) is 17.3. The van der Waals surface area contributed by atoms with Crippen LogP contribution in [-0.4, -0.2) is 29.0 Å². The Balaban J connectivity index is 1.84. The van der Waals surface area contributed by atoms with Crippen molar-refractivity contribution >= 4 is 29.1 Å². The molecule has 1 aromatic heterocycles. The molecule has 0 radical (unpaired) electrons. The highest BCUT2D eigenvalue weighted by Gasteiger charge is 2.23. The van der Waals surface area contributed by atoms with Crippen molar-refractivity contribution in [3.05, 3.63) is 40.2 Å². The van der Waals surface area contributed by atoms with Crippen molar-refractivity contribution in [1.29, 1.82) is 0 Å². The van der Waals surface area contributed by atoms with E-state index in [0.717, 1.165) is 24.1 Å². The second kappa shape index (κ2) is 6.65. The van der Waals surface area contributed by atoms with E-state index in [1.165, 1.54) is 7.11 Å². The molecule has 1 heterocycles. The van der Waals surface area contributed by atoms with E-state index in [4.69, 9.17) is 16.3 Å². The lowest BCUT2D eigenvalue weighted by molar-refractivity contribution is 0.102. The molecule has 0 aliphatic heterocycles. The molecular formula is C17H19ClN4O2. The van der Waals surface area contributed by atoms with E-state index in [1.807, 2.05) is 13.8 Å². The highest BCUT2D eigenvalue weighted by atomic mass is 35.5. The average molecular weight is 347 g/mol. The number of benzene rings is 1. The van der Waals surface area contributed by atoms with Gasteiger partial charge in [0.15, 0.2) is 0 Å². The Hall–Kier alpha value is -2.34. The lowest BCUT2D eigenvalue weighted by atomic mass is 10.2. The van der Waals surface area contributed by atoms with Crippen molar-refractivity contribution in [3.8, 4) is 5.75 Å².